The molecule has 3 heteroatoms. The van der Waals surface area contributed by atoms with Crippen molar-refractivity contribution in [1.29, 1.82) is 0 Å². The van der Waals surface area contributed by atoms with Gasteiger partial charge in [0.05, 0.1) is 0 Å². The third-order valence-corrected chi connectivity index (χ3v) is 3.21. The number of hydrogen-bond donors (Lipinski definition) is 1. The van der Waals surface area contributed by atoms with Gasteiger partial charge in [-0.3, -0.25) is 4.79 Å². The van der Waals surface area contributed by atoms with Crippen LogP contribution in [0.25, 0.3) is 0 Å². The molecule has 0 aromatic heterocycles. The van der Waals surface area contributed by atoms with E-state index in [4.69, 9.17) is 0 Å². The number of amides is 1. The summed E-state index contributed by atoms with van der Waals surface area (Å²) in [6.45, 7) is 8.50. The highest BCUT2D eigenvalue weighted by Gasteiger charge is 2.11. The molecule has 1 saturated heterocycles. The van der Waals surface area contributed by atoms with Crippen molar-refractivity contribution in [3.8, 4) is 0 Å². The fourth-order valence-electron chi connectivity index (χ4n) is 1.88. The molecule has 1 fully saturated rings. The molecule has 1 aliphatic heterocycles. The first-order chi connectivity index (χ1) is 7.24. The Balaban J connectivity index is 1.98. The van der Waals surface area contributed by atoms with Gasteiger partial charge < -0.3 is 10.2 Å². The van der Waals surface area contributed by atoms with Crippen LogP contribution in [0, 0.1) is 5.92 Å². The van der Waals surface area contributed by atoms with Crippen LogP contribution in [0.3, 0.4) is 0 Å². The van der Waals surface area contributed by atoms with Gasteiger partial charge in [0.2, 0.25) is 5.91 Å². The van der Waals surface area contributed by atoms with Crippen molar-refractivity contribution in [2.75, 3.05) is 26.2 Å². The monoisotopic (exact) mass is 212 g/mol. The van der Waals surface area contributed by atoms with Gasteiger partial charge in [0.1, 0.15) is 0 Å². The van der Waals surface area contributed by atoms with Crippen molar-refractivity contribution in [3.05, 3.63) is 0 Å². The van der Waals surface area contributed by atoms with Gasteiger partial charge in [0.25, 0.3) is 0 Å². The van der Waals surface area contributed by atoms with Crippen LogP contribution in [-0.2, 0) is 4.79 Å². The molecule has 88 valence electrons. The van der Waals surface area contributed by atoms with Crippen molar-refractivity contribution < 1.29 is 4.79 Å². The average molecular weight is 212 g/mol. The van der Waals surface area contributed by atoms with Gasteiger partial charge in [-0.25, -0.2) is 0 Å². The third kappa shape index (κ3) is 4.65. The molecule has 1 atom stereocenters. The molecule has 1 aliphatic rings. The summed E-state index contributed by atoms with van der Waals surface area (Å²) in [5.41, 5.74) is 0. The highest BCUT2D eigenvalue weighted by molar-refractivity contribution is 5.78. The molecule has 0 spiro atoms. The van der Waals surface area contributed by atoms with E-state index in [0.29, 0.717) is 0 Å². The molecular weight excluding hydrogens is 188 g/mol. The Morgan fingerprint density at radius 2 is 2.07 bits per heavy atom. The molecule has 0 radical (unpaired) electrons. The highest BCUT2D eigenvalue weighted by atomic mass is 16.1. The third-order valence-electron chi connectivity index (χ3n) is 3.21. The van der Waals surface area contributed by atoms with E-state index in [0.717, 1.165) is 25.9 Å². The van der Waals surface area contributed by atoms with Crippen molar-refractivity contribution in [3.63, 3.8) is 0 Å². The molecule has 0 aromatic carbocycles. The molecule has 0 bridgehead atoms. The molecule has 1 amide bonds. The van der Waals surface area contributed by atoms with Gasteiger partial charge >= 0.3 is 0 Å². The van der Waals surface area contributed by atoms with Gasteiger partial charge in [-0.1, -0.05) is 13.8 Å². The van der Waals surface area contributed by atoms with Crippen LogP contribution in [0.5, 0.6) is 0 Å². The molecule has 15 heavy (non-hydrogen) atoms. The lowest BCUT2D eigenvalue weighted by molar-refractivity contribution is -0.124. The van der Waals surface area contributed by atoms with Gasteiger partial charge in [0, 0.05) is 12.5 Å². The minimum atomic E-state index is 0.164. The standard InChI is InChI=1S/C12H24N2O/c1-3-11(2)12(15)13-7-6-10-14-8-4-5-9-14/h11H,3-10H2,1-2H3,(H,13,15)/t11-/m1/s1. The second-order valence-electron chi connectivity index (χ2n) is 4.50. The number of likely N-dealkylation sites (tertiary alicyclic amines) is 1. The highest BCUT2D eigenvalue weighted by Crippen LogP contribution is 2.07. The first kappa shape index (κ1) is 12.5. The quantitative estimate of drug-likeness (QED) is 0.679. The van der Waals surface area contributed by atoms with Gasteiger partial charge in [-0.15, -0.1) is 0 Å². The summed E-state index contributed by atoms with van der Waals surface area (Å²) < 4.78 is 0. The number of carbonyl (C=O) groups is 1. The fraction of sp³-hybridized carbons (Fsp3) is 0.917. The average Bonchev–Trinajstić information content (AvgIpc) is 2.75. The number of nitrogens with one attached hydrogen (secondary N) is 1. The van der Waals surface area contributed by atoms with Crippen LogP contribution in [0.15, 0.2) is 0 Å². The molecule has 1 heterocycles. The Labute approximate surface area is 93.2 Å². The minimum Gasteiger partial charge on any atom is -0.356 e. The van der Waals surface area contributed by atoms with E-state index in [9.17, 15) is 4.79 Å². The number of nitrogens with zero attached hydrogens (tertiary/aromatic N) is 1. The van der Waals surface area contributed by atoms with Crippen molar-refractivity contribution in [2.24, 2.45) is 5.92 Å². The second kappa shape index (κ2) is 6.83. The predicted octanol–water partition coefficient (Wildman–Crippen LogP) is 1.63. The SMILES string of the molecule is CC[C@@H](C)C(=O)NCCCN1CCCC1. The van der Waals surface area contributed by atoms with E-state index in [1.165, 1.54) is 25.9 Å². The zero-order valence-corrected chi connectivity index (χ0v) is 10.1. The lowest BCUT2D eigenvalue weighted by Gasteiger charge is -2.15. The minimum absolute atomic E-state index is 0.164. The molecule has 1 rings (SSSR count). The first-order valence-corrected chi connectivity index (χ1v) is 6.24. The molecule has 0 saturated carbocycles. The van der Waals surface area contributed by atoms with Crippen LogP contribution in [-0.4, -0.2) is 37.0 Å². The Morgan fingerprint density at radius 3 is 2.67 bits per heavy atom. The smallest absolute Gasteiger partial charge is 0.222 e. The summed E-state index contributed by atoms with van der Waals surface area (Å²) in [6.07, 6.45) is 4.71. The number of rotatable bonds is 6. The maximum Gasteiger partial charge on any atom is 0.222 e. The zero-order valence-electron chi connectivity index (χ0n) is 10.1. The maximum atomic E-state index is 11.4. The zero-order chi connectivity index (χ0) is 11.1. The van der Waals surface area contributed by atoms with Gasteiger partial charge in [-0.05, 0) is 45.3 Å². The number of carbonyl (C=O) groups excluding carboxylic acids is 1. The summed E-state index contributed by atoms with van der Waals surface area (Å²) in [5.74, 6) is 0.371. The van der Waals surface area contributed by atoms with E-state index in [2.05, 4.69) is 17.1 Å². The Hall–Kier alpha value is -0.570. The molecule has 1 N–H and O–H groups in total. The second-order valence-corrected chi connectivity index (χ2v) is 4.50. The van der Waals surface area contributed by atoms with E-state index in [1.807, 2.05) is 6.92 Å². The summed E-state index contributed by atoms with van der Waals surface area (Å²) >= 11 is 0. The topological polar surface area (TPSA) is 32.3 Å². The summed E-state index contributed by atoms with van der Waals surface area (Å²) in [5, 5.41) is 2.99. The van der Waals surface area contributed by atoms with Crippen LogP contribution in [0.4, 0.5) is 0 Å². The van der Waals surface area contributed by atoms with Crippen LogP contribution in [0.1, 0.15) is 39.5 Å². The van der Waals surface area contributed by atoms with Crippen LogP contribution in [0.2, 0.25) is 0 Å². The van der Waals surface area contributed by atoms with Gasteiger partial charge in [0.15, 0.2) is 0 Å². The van der Waals surface area contributed by atoms with E-state index < -0.39 is 0 Å². The summed E-state index contributed by atoms with van der Waals surface area (Å²) in [6, 6.07) is 0. The largest absolute Gasteiger partial charge is 0.356 e. The normalized spacial score (nSPS) is 19.1. The van der Waals surface area contributed by atoms with Crippen molar-refractivity contribution in [2.45, 2.75) is 39.5 Å². The van der Waals surface area contributed by atoms with Crippen LogP contribution >= 0.6 is 0 Å². The Bertz CT molecular complexity index is 188. The Morgan fingerprint density at radius 1 is 1.40 bits per heavy atom. The van der Waals surface area contributed by atoms with E-state index in [1.54, 1.807) is 0 Å². The lowest BCUT2D eigenvalue weighted by Crippen LogP contribution is -2.31. The van der Waals surface area contributed by atoms with Gasteiger partial charge in [-0.2, -0.15) is 0 Å². The van der Waals surface area contributed by atoms with Crippen molar-refractivity contribution in [1.82, 2.24) is 10.2 Å². The molecule has 3 nitrogen and oxygen atoms in total. The van der Waals surface area contributed by atoms with Crippen molar-refractivity contribution >= 4 is 5.91 Å². The summed E-state index contributed by atoms with van der Waals surface area (Å²) in [4.78, 5) is 13.9. The fourth-order valence-corrected chi connectivity index (χ4v) is 1.88. The molecule has 0 aromatic rings. The Kier molecular flexibility index (Phi) is 5.69. The van der Waals surface area contributed by atoms with E-state index >= 15 is 0 Å². The maximum absolute atomic E-state index is 11.4. The lowest BCUT2D eigenvalue weighted by atomic mass is 10.1. The number of hydrogen-bond acceptors (Lipinski definition) is 2. The molecule has 0 unspecified atom stereocenters. The predicted molar refractivity (Wildman–Crippen MR) is 62.8 cm³/mol. The molecular formula is C12H24N2O. The molecule has 0 aliphatic carbocycles. The van der Waals surface area contributed by atoms with Crippen LogP contribution < -0.4 is 5.32 Å². The van der Waals surface area contributed by atoms with E-state index in [-0.39, 0.29) is 11.8 Å². The first-order valence-electron chi connectivity index (χ1n) is 6.24. The summed E-state index contributed by atoms with van der Waals surface area (Å²) in [7, 11) is 0.